The van der Waals surface area contributed by atoms with Crippen LogP contribution in [-0.2, 0) is 6.54 Å². The third kappa shape index (κ3) is 3.27. The number of hydrogen-bond acceptors (Lipinski definition) is 7. The molecule has 0 saturated carbocycles. The Morgan fingerprint density at radius 2 is 2.00 bits per heavy atom. The Morgan fingerprint density at radius 3 is 2.86 bits per heavy atom. The molecular formula is C21H16N4O2S. The predicted octanol–water partition coefficient (Wildman–Crippen LogP) is 4.61. The van der Waals surface area contributed by atoms with Gasteiger partial charge in [-0.05, 0) is 41.3 Å². The molecule has 1 aliphatic heterocycles. The smallest absolute Gasteiger partial charge is 0.231 e. The molecule has 0 aliphatic carbocycles. The van der Waals surface area contributed by atoms with E-state index in [0.29, 0.717) is 12.5 Å². The van der Waals surface area contributed by atoms with Crippen molar-refractivity contribution in [2.24, 2.45) is 0 Å². The van der Waals surface area contributed by atoms with E-state index in [1.54, 1.807) is 17.5 Å². The Hall–Kier alpha value is -3.45. The highest BCUT2D eigenvalue weighted by atomic mass is 32.1. The molecule has 3 aromatic heterocycles. The second-order valence-electron chi connectivity index (χ2n) is 6.22. The van der Waals surface area contributed by atoms with E-state index in [9.17, 15) is 0 Å². The molecule has 7 heteroatoms. The van der Waals surface area contributed by atoms with Crippen molar-refractivity contribution in [1.82, 2.24) is 15.0 Å². The number of nitrogens with one attached hydrogen (secondary N) is 1. The average Bonchev–Trinajstić information content (AvgIpc) is 3.44. The van der Waals surface area contributed by atoms with Crippen molar-refractivity contribution in [3.63, 3.8) is 0 Å². The first kappa shape index (κ1) is 16.7. The van der Waals surface area contributed by atoms with E-state index in [0.717, 1.165) is 38.8 Å². The third-order valence-electron chi connectivity index (χ3n) is 4.40. The molecule has 0 spiro atoms. The minimum absolute atomic E-state index is 0.272. The zero-order valence-electron chi connectivity index (χ0n) is 14.8. The maximum atomic E-state index is 5.44. The van der Waals surface area contributed by atoms with Crippen molar-refractivity contribution in [2.75, 3.05) is 12.1 Å². The van der Waals surface area contributed by atoms with Gasteiger partial charge in [0.15, 0.2) is 11.5 Å². The first-order valence-electron chi connectivity index (χ1n) is 8.80. The first-order valence-corrected chi connectivity index (χ1v) is 9.68. The molecule has 4 heterocycles. The SMILES string of the molecule is c1cncc(-c2nc(NCc3ccc4c(c3)OCO4)ncc2-c2cccs2)c1. The van der Waals surface area contributed by atoms with Gasteiger partial charge < -0.3 is 14.8 Å². The van der Waals surface area contributed by atoms with Gasteiger partial charge in [0.05, 0.1) is 5.69 Å². The van der Waals surface area contributed by atoms with Crippen LogP contribution in [0.15, 0.2) is 66.4 Å². The van der Waals surface area contributed by atoms with E-state index >= 15 is 0 Å². The number of hydrogen-bond donors (Lipinski definition) is 1. The van der Waals surface area contributed by atoms with Gasteiger partial charge >= 0.3 is 0 Å². The van der Waals surface area contributed by atoms with Crippen LogP contribution in [0.3, 0.4) is 0 Å². The minimum Gasteiger partial charge on any atom is -0.454 e. The molecule has 0 atom stereocenters. The number of aromatic nitrogens is 3. The van der Waals surface area contributed by atoms with Gasteiger partial charge in [-0.2, -0.15) is 0 Å². The molecule has 6 nitrogen and oxygen atoms in total. The van der Waals surface area contributed by atoms with Crippen LogP contribution in [0.4, 0.5) is 5.95 Å². The summed E-state index contributed by atoms with van der Waals surface area (Å²) in [6, 6.07) is 13.9. The Bertz CT molecular complexity index is 1100. The normalized spacial score (nSPS) is 12.1. The number of pyridine rings is 1. The largest absolute Gasteiger partial charge is 0.454 e. The molecule has 4 aromatic rings. The fourth-order valence-corrected chi connectivity index (χ4v) is 3.77. The van der Waals surface area contributed by atoms with Gasteiger partial charge in [0.25, 0.3) is 0 Å². The summed E-state index contributed by atoms with van der Waals surface area (Å²) in [5.74, 6) is 2.11. The standard InChI is InChI=1S/C21H16N4O2S/c1-3-15(11-22-7-1)20-16(19-4-2-8-28-19)12-24-21(25-20)23-10-14-5-6-17-18(9-14)27-13-26-17/h1-9,11-12H,10,13H2,(H,23,24,25). The van der Waals surface area contributed by atoms with Crippen molar-refractivity contribution < 1.29 is 9.47 Å². The highest BCUT2D eigenvalue weighted by Crippen LogP contribution is 2.34. The minimum atomic E-state index is 0.272. The summed E-state index contributed by atoms with van der Waals surface area (Å²) < 4.78 is 10.8. The molecule has 28 heavy (non-hydrogen) atoms. The summed E-state index contributed by atoms with van der Waals surface area (Å²) in [6.07, 6.45) is 5.44. The van der Waals surface area contributed by atoms with Gasteiger partial charge in [0, 0.05) is 41.1 Å². The van der Waals surface area contributed by atoms with Gasteiger partial charge in [-0.25, -0.2) is 9.97 Å². The summed E-state index contributed by atoms with van der Waals surface area (Å²) in [7, 11) is 0. The molecule has 0 amide bonds. The van der Waals surface area contributed by atoms with Crippen molar-refractivity contribution in [3.05, 3.63) is 72.0 Å². The Morgan fingerprint density at radius 1 is 1.04 bits per heavy atom. The molecule has 1 aromatic carbocycles. The van der Waals surface area contributed by atoms with Crippen molar-refractivity contribution >= 4 is 17.3 Å². The van der Waals surface area contributed by atoms with E-state index in [2.05, 4.69) is 21.4 Å². The monoisotopic (exact) mass is 388 g/mol. The fraction of sp³-hybridized carbons (Fsp3) is 0.0952. The quantitative estimate of drug-likeness (QED) is 0.538. The van der Waals surface area contributed by atoms with Crippen molar-refractivity contribution in [3.8, 4) is 33.2 Å². The van der Waals surface area contributed by atoms with Crippen LogP contribution < -0.4 is 14.8 Å². The number of fused-ring (bicyclic) bond motifs is 1. The number of ether oxygens (including phenoxy) is 2. The topological polar surface area (TPSA) is 69.2 Å². The number of benzene rings is 1. The Kier molecular flexibility index (Phi) is 4.34. The van der Waals surface area contributed by atoms with Crippen LogP contribution >= 0.6 is 11.3 Å². The molecule has 5 rings (SSSR count). The predicted molar refractivity (Wildman–Crippen MR) is 108 cm³/mol. The first-order chi connectivity index (χ1) is 13.9. The van der Waals surface area contributed by atoms with E-state index in [1.807, 2.05) is 54.2 Å². The Balaban J connectivity index is 1.44. The van der Waals surface area contributed by atoms with E-state index in [4.69, 9.17) is 14.5 Å². The maximum Gasteiger partial charge on any atom is 0.231 e. The van der Waals surface area contributed by atoms with Gasteiger partial charge in [0.1, 0.15) is 0 Å². The van der Waals surface area contributed by atoms with E-state index < -0.39 is 0 Å². The van der Waals surface area contributed by atoms with Gasteiger partial charge in [-0.1, -0.05) is 12.1 Å². The third-order valence-corrected chi connectivity index (χ3v) is 5.30. The zero-order valence-corrected chi connectivity index (χ0v) is 15.6. The van der Waals surface area contributed by atoms with Crippen molar-refractivity contribution in [1.29, 1.82) is 0 Å². The lowest BCUT2D eigenvalue weighted by atomic mass is 10.1. The number of anilines is 1. The molecule has 1 aliphatic rings. The lowest BCUT2D eigenvalue weighted by Crippen LogP contribution is -2.05. The fourth-order valence-electron chi connectivity index (χ4n) is 3.03. The second kappa shape index (κ2) is 7.28. The summed E-state index contributed by atoms with van der Waals surface area (Å²) in [4.78, 5) is 14.7. The molecule has 0 radical (unpaired) electrons. The van der Waals surface area contributed by atoms with Crippen LogP contribution in [0.2, 0.25) is 0 Å². The van der Waals surface area contributed by atoms with Gasteiger partial charge in [0.2, 0.25) is 12.7 Å². The van der Waals surface area contributed by atoms with Crippen LogP contribution in [0.5, 0.6) is 11.5 Å². The zero-order chi connectivity index (χ0) is 18.8. The molecule has 0 bridgehead atoms. The van der Waals surface area contributed by atoms with Crippen LogP contribution in [-0.4, -0.2) is 21.7 Å². The average molecular weight is 388 g/mol. The summed E-state index contributed by atoms with van der Waals surface area (Å²) in [5, 5.41) is 5.35. The highest BCUT2D eigenvalue weighted by Gasteiger charge is 2.15. The molecule has 0 saturated heterocycles. The van der Waals surface area contributed by atoms with Crippen LogP contribution in [0, 0.1) is 0 Å². The molecule has 1 N–H and O–H groups in total. The molecule has 138 valence electrons. The lowest BCUT2D eigenvalue weighted by Gasteiger charge is -2.11. The van der Waals surface area contributed by atoms with Crippen LogP contribution in [0.1, 0.15) is 5.56 Å². The van der Waals surface area contributed by atoms with Gasteiger partial charge in [-0.3, -0.25) is 4.98 Å². The lowest BCUT2D eigenvalue weighted by molar-refractivity contribution is 0.174. The summed E-state index contributed by atoms with van der Waals surface area (Å²) in [5.41, 5.74) is 3.88. The number of thiophene rings is 1. The molecule has 0 fully saturated rings. The summed E-state index contributed by atoms with van der Waals surface area (Å²) >= 11 is 1.67. The maximum absolute atomic E-state index is 5.44. The van der Waals surface area contributed by atoms with Crippen LogP contribution in [0.25, 0.3) is 21.7 Å². The number of nitrogens with zero attached hydrogens (tertiary/aromatic N) is 3. The summed E-state index contributed by atoms with van der Waals surface area (Å²) in [6.45, 7) is 0.857. The number of rotatable bonds is 5. The Labute approximate surface area is 165 Å². The second-order valence-corrected chi connectivity index (χ2v) is 7.16. The van der Waals surface area contributed by atoms with Crippen molar-refractivity contribution in [2.45, 2.75) is 6.54 Å². The molecular weight excluding hydrogens is 372 g/mol. The van der Waals surface area contributed by atoms with E-state index in [-0.39, 0.29) is 6.79 Å². The van der Waals surface area contributed by atoms with E-state index in [1.165, 1.54) is 0 Å². The van der Waals surface area contributed by atoms with Gasteiger partial charge in [-0.15, -0.1) is 11.3 Å². The highest BCUT2D eigenvalue weighted by molar-refractivity contribution is 7.13. The molecule has 0 unspecified atom stereocenters.